The molecule has 0 bridgehead atoms. The van der Waals surface area contributed by atoms with Gasteiger partial charge in [-0.15, -0.1) is 0 Å². The van der Waals surface area contributed by atoms with Gasteiger partial charge in [-0.3, -0.25) is 9.69 Å². The maximum Gasteiger partial charge on any atom is 0.225 e. The summed E-state index contributed by atoms with van der Waals surface area (Å²) >= 11 is 0. The zero-order chi connectivity index (χ0) is 23.3. The van der Waals surface area contributed by atoms with Crippen LogP contribution in [0.15, 0.2) is 42.5 Å². The smallest absolute Gasteiger partial charge is 0.225 e. The lowest BCUT2D eigenvalue weighted by Gasteiger charge is -2.29. The van der Waals surface area contributed by atoms with E-state index in [0.717, 1.165) is 11.6 Å². The highest BCUT2D eigenvalue weighted by molar-refractivity contribution is 5.78. The van der Waals surface area contributed by atoms with Gasteiger partial charge in [-0.2, -0.15) is 0 Å². The van der Waals surface area contributed by atoms with Crippen LogP contribution in [0.4, 0.5) is 13.2 Å². The minimum absolute atomic E-state index is 0.0685. The Morgan fingerprint density at radius 1 is 1.09 bits per heavy atom. The summed E-state index contributed by atoms with van der Waals surface area (Å²) in [5, 5.41) is 0. The van der Waals surface area contributed by atoms with Crippen molar-refractivity contribution >= 4 is 5.91 Å². The second kappa shape index (κ2) is 11.0. The highest BCUT2D eigenvalue weighted by Gasteiger charge is 2.36. The van der Waals surface area contributed by atoms with Crippen LogP contribution in [0.25, 0.3) is 0 Å². The van der Waals surface area contributed by atoms with E-state index in [1.165, 1.54) is 18.2 Å². The predicted molar refractivity (Wildman–Crippen MR) is 118 cm³/mol. The molecule has 4 nitrogen and oxygen atoms in total. The fourth-order valence-electron chi connectivity index (χ4n) is 4.40. The summed E-state index contributed by atoms with van der Waals surface area (Å²) in [7, 11) is 1.61. The molecule has 2 aromatic rings. The van der Waals surface area contributed by atoms with Crippen LogP contribution in [-0.2, 0) is 16.1 Å². The molecule has 1 saturated heterocycles. The van der Waals surface area contributed by atoms with Gasteiger partial charge in [0, 0.05) is 51.7 Å². The lowest BCUT2D eigenvalue weighted by atomic mass is 9.88. The first kappa shape index (κ1) is 24.3. The molecule has 1 aliphatic rings. The summed E-state index contributed by atoms with van der Waals surface area (Å²) < 4.78 is 45.7. The topological polar surface area (TPSA) is 32.8 Å². The Hall–Kier alpha value is -2.38. The van der Waals surface area contributed by atoms with Gasteiger partial charge < -0.3 is 9.64 Å². The van der Waals surface area contributed by atoms with Crippen molar-refractivity contribution in [3.8, 4) is 0 Å². The first-order valence-electron chi connectivity index (χ1n) is 11.0. The highest BCUT2D eigenvalue weighted by atomic mass is 19.2. The van der Waals surface area contributed by atoms with Crippen molar-refractivity contribution < 1.29 is 22.7 Å². The molecule has 1 amide bonds. The van der Waals surface area contributed by atoms with Crippen molar-refractivity contribution in [2.75, 3.05) is 39.9 Å². The number of likely N-dealkylation sites (tertiary alicyclic amines) is 1. The number of hydrogen-bond donors (Lipinski definition) is 0. The van der Waals surface area contributed by atoms with Gasteiger partial charge in [0.25, 0.3) is 0 Å². The molecule has 1 fully saturated rings. The molecule has 0 aliphatic carbocycles. The molecular weight excluding hydrogens is 417 g/mol. The number of benzene rings is 2. The Bertz CT molecular complexity index is 905. The number of hydrogen-bond acceptors (Lipinski definition) is 3. The van der Waals surface area contributed by atoms with Crippen molar-refractivity contribution in [1.82, 2.24) is 9.80 Å². The van der Waals surface area contributed by atoms with Crippen LogP contribution in [-0.4, -0.2) is 55.6 Å². The summed E-state index contributed by atoms with van der Waals surface area (Å²) in [6.45, 7) is 7.11. The zero-order valence-corrected chi connectivity index (χ0v) is 18.9. The summed E-state index contributed by atoms with van der Waals surface area (Å²) in [4.78, 5) is 16.8. The number of ether oxygens (including phenoxy) is 1. The summed E-state index contributed by atoms with van der Waals surface area (Å²) in [6.07, 6.45) is 0. The minimum Gasteiger partial charge on any atom is -0.383 e. The molecule has 0 saturated carbocycles. The molecule has 174 valence electrons. The van der Waals surface area contributed by atoms with Crippen LogP contribution in [0.5, 0.6) is 0 Å². The van der Waals surface area contributed by atoms with Crippen LogP contribution < -0.4 is 0 Å². The van der Waals surface area contributed by atoms with E-state index in [1.807, 2.05) is 18.7 Å². The van der Waals surface area contributed by atoms with E-state index in [-0.39, 0.29) is 29.5 Å². The van der Waals surface area contributed by atoms with Gasteiger partial charge in [0.2, 0.25) is 5.91 Å². The van der Waals surface area contributed by atoms with E-state index >= 15 is 0 Å². The number of halogens is 3. The van der Waals surface area contributed by atoms with Crippen LogP contribution in [0.3, 0.4) is 0 Å². The fourth-order valence-corrected chi connectivity index (χ4v) is 4.40. The molecule has 2 aromatic carbocycles. The molecule has 1 aliphatic heterocycles. The lowest BCUT2D eigenvalue weighted by Crippen LogP contribution is -2.41. The van der Waals surface area contributed by atoms with E-state index in [0.29, 0.717) is 44.9 Å². The molecule has 0 radical (unpaired) electrons. The third-order valence-electron chi connectivity index (χ3n) is 6.03. The van der Waals surface area contributed by atoms with Gasteiger partial charge in [0.1, 0.15) is 5.82 Å². The van der Waals surface area contributed by atoms with Crippen LogP contribution >= 0.6 is 0 Å². The average molecular weight is 449 g/mol. The maximum absolute atomic E-state index is 13.7. The van der Waals surface area contributed by atoms with E-state index in [9.17, 15) is 18.0 Å². The molecule has 0 aromatic heterocycles. The first-order valence-corrected chi connectivity index (χ1v) is 11.0. The second-order valence-corrected chi connectivity index (χ2v) is 8.79. The molecule has 2 unspecified atom stereocenters. The molecule has 3 rings (SSSR count). The Morgan fingerprint density at radius 3 is 2.44 bits per heavy atom. The molecule has 0 N–H and O–H groups in total. The fraction of sp³-hybridized carbons (Fsp3) is 0.480. The largest absolute Gasteiger partial charge is 0.383 e. The highest BCUT2D eigenvalue weighted by Crippen LogP contribution is 2.34. The van der Waals surface area contributed by atoms with Crippen molar-refractivity contribution in [3.05, 3.63) is 71.0 Å². The van der Waals surface area contributed by atoms with E-state index in [4.69, 9.17) is 4.74 Å². The zero-order valence-electron chi connectivity index (χ0n) is 18.9. The molecular formula is C25H31F3N2O2. The summed E-state index contributed by atoms with van der Waals surface area (Å²) in [5.41, 5.74) is 1.70. The van der Waals surface area contributed by atoms with Crippen molar-refractivity contribution in [3.63, 3.8) is 0 Å². The summed E-state index contributed by atoms with van der Waals surface area (Å²) in [6, 6.07) is 10.4. The van der Waals surface area contributed by atoms with Crippen molar-refractivity contribution in [2.45, 2.75) is 26.3 Å². The van der Waals surface area contributed by atoms with Crippen LogP contribution in [0, 0.1) is 29.3 Å². The standard InChI is InChI=1S/C25H31F3N2O2/c1-17(2)25(31)30(10-11-32-3)15-20-14-29(13-18-4-9-23(27)24(28)12-18)16-22(20)19-5-7-21(26)8-6-19/h4-9,12,17,20,22H,10-11,13-16H2,1-3H3. The number of nitrogens with zero attached hydrogens (tertiary/aromatic N) is 2. The van der Waals surface area contributed by atoms with Gasteiger partial charge in [0.05, 0.1) is 6.61 Å². The Balaban J connectivity index is 1.81. The molecule has 32 heavy (non-hydrogen) atoms. The third kappa shape index (κ3) is 6.11. The number of methoxy groups -OCH3 is 1. The van der Waals surface area contributed by atoms with Crippen LogP contribution in [0.2, 0.25) is 0 Å². The van der Waals surface area contributed by atoms with Gasteiger partial charge in [0.15, 0.2) is 11.6 Å². The number of rotatable bonds is 9. The third-order valence-corrected chi connectivity index (χ3v) is 6.03. The van der Waals surface area contributed by atoms with E-state index in [2.05, 4.69) is 4.90 Å². The Kier molecular flexibility index (Phi) is 8.32. The van der Waals surface area contributed by atoms with E-state index in [1.54, 1.807) is 25.3 Å². The monoisotopic (exact) mass is 448 g/mol. The van der Waals surface area contributed by atoms with E-state index < -0.39 is 11.6 Å². The lowest BCUT2D eigenvalue weighted by molar-refractivity contribution is -0.135. The van der Waals surface area contributed by atoms with Crippen molar-refractivity contribution in [2.24, 2.45) is 11.8 Å². The second-order valence-electron chi connectivity index (χ2n) is 8.79. The minimum atomic E-state index is -0.863. The maximum atomic E-state index is 13.7. The van der Waals surface area contributed by atoms with Gasteiger partial charge in [-0.1, -0.05) is 32.0 Å². The average Bonchev–Trinajstić information content (AvgIpc) is 3.15. The molecule has 2 atom stereocenters. The van der Waals surface area contributed by atoms with Crippen LogP contribution in [0.1, 0.15) is 30.9 Å². The van der Waals surface area contributed by atoms with Gasteiger partial charge in [-0.25, -0.2) is 13.2 Å². The molecule has 1 heterocycles. The van der Waals surface area contributed by atoms with Gasteiger partial charge in [-0.05, 0) is 41.3 Å². The van der Waals surface area contributed by atoms with Gasteiger partial charge >= 0.3 is 0 Å². The quantitative estimate of drug-likeness (QED) is 0.568. The Labute approximate surface area is 188 Å². The first-order chi connectivity index (χ1) is 15.3. The Morgan fingerprint density at radius 2 is 1.81 bits per heavy atom. The molecule has 0 spiro atoms. The van der Waals surface area contributed by atoms with Crippen molar-refractivity contribution in [1.29, 1.82) is 0 Å². The normalized spacial score (nSPS) is 19.0. The number of carbonyl (C=O) groups is 1. The number of carbonyl (C=O) groups excluding carboxylic acids is 1. The summed E-state index contributed by atoms with van der Waals surface area (Å²) in [5.74, 6) is -1.87. The predicted octanol–water partition coefficient (Wildman–Crippen LogP) is 4.45. The number of amides is 1. The molecule has 7 heteroatoms. The SMILES string of the molecule is COCCN(CC1CN(Cc2ccc(F)c(F)c2)CC1c1ccc(F)cc1)C(=O)C(C)C.